The third-order valence-electron chi connectivity index (χ3n) is 3.28. The zero-order valence-corrected chi connectivity index (χ0v) is 15.1. The summed E-state index contributed by atoms with van der Waals surface area (Å²) < 4.78 is 0. The quantitative estimate of drug-likeness (QED) is 0.437. The maximum Gasteiger partial charge on any atom is 0.0849 e. The van der Waals surface area contributed by atoms with Crippen LogP contribution in [0.4, 0.5) is 11.4 Å². The van der Waals surface area contributed by atoms with Crippen molar-refractivity contribution in [1.29, 1.82) is 0 Å². The fourth-order valence-corrected chi connectivity index (χ4v) is 2.22. The number of halogens is 2. The van der Waals surface area contributed by atoms with Crippen LogP contribution < -0.4 is 16.3 Å². The van der Waals surface area contributed by atoms with Crippen LogP contribution in [0.1, 0.15) is 20.3 Å². The van der Waals surface area contributed by atoms with Gasteiger partial charge in [0.15, 0.2) is 0 Å². The molecule has 0 saturated carbocycles. The lowest BCUT2D eigenvalue weighted by Gasteiger charge is -2.14. The number of hydrazone groups is 1. The summed E-state index contributed by atoms with van der Waals surface area (Å²) in [4.78, 5) is 0. The first-order valence-corrected chi connectivity index (χ1v) is 8.40. The van der Waals surface area contributed by atoms with Gasteiger partial charge in [-0.25, -0.2) is 0 Å². The standard InChI is InChI=1S/C18H20Cl2N4/c1-3-17(23-21-15-9-5-13(19)6-10-15)18(4-2)24-22-16-11-7-14(20)8-12-16/h3,5-12,21-23H,4H2,1-2H3/b17-3-,24-18+. The molecule has 24 heavy (non-hydrogen) atoms. The van der Waals surface area contributed by atoms with E-state index in [0.29, 0.717) is 10.0 Å². The van der Waals surface area contributed by atoms with Crippen LogP contribution in [0.15, 0.2) is 65.4 Å². The number of rotatable bonds is 7. The third kappa shape index (κ3) is 5.48. The summed E-state index contributed by atoms with van der Waals surface area (Å²) in [7, 11) is 0. The fourth-order valence-electron chi connectivity index (χ4n) is 1.97. The molecule has 4 nitrogen and oxygen atoms in total. The van der Waals surface area contributed by atoms with Crippen LogP contribution in [-0.4, -0.2) is 5.71 Å². The lowest BCUT2D eigenvalue weighted by atomic mass is 10.2. The summed E-state index contributed by atoms with van der Waals surface area (Å²) in [6.07, 6.45) is 2.74. The second kappa shape index (κ2) is 9.21. The van der Waals surface area contributed by atoms with Crippen molar-refractivity contribution in [2.75, 3.05) is 10.9 Å². The van der Waals surface area contributed by atoms with E-state index in [1.165, 1.54) is 0 Å². The minimum absolute atomic E-state index is 0.697. The fraction of sp³-hybridized carbons (Fsp3) is 0.167. The molecule has 3 N–H and O–H groups in total. The van der Waals surface area contributed by atoms with Crippen molar-refractivity contribution in [3.8, 4) is 0 Å². The van der Waals surface area contributed by atoms with Crippen LogP contribution in [-0.2, 0) is 0 Å². The number of hydrogen-bond acceptors (Lipinski definition) is 4. The average molecular weight is 363 g/mol. The van der Waals surface area contributed by atoms with Crippen molar-refractivity contribution in [1.82, 2.24) is 5.43 Å². The molecule has 0 aromatic heterocycles. The Labute approximate surface area is 152 Å². The van der Waals surface area contributed by atoms with Gasteiger partial charge in [0.05, 0.1) is 22.8 Å². The van der Waals surface area contributed by atoms with E-state index in [0.717, 1.165) is 29.2 Å². The molecule has 0 amide bonds. The van der Waals surface area contributed by atoms with Crippen molar-refractivity contribution in [3.63, 3.8) is 0 Å². The van der Waals surface area contributed by atoms with Gasteiger partial charge in [0.25, 0.3) is 0 Å². The molecule has 0 radical (unpaired) electrons. The maximum atomic E-state index is 5.89. The highest BCUT2D eigenvalue weighted by molar-refractivity contribution is 6.30. The Balaban J connectivity index is 2.01. The summed E-state index contributed by atoms with van der Waals surface area (Å²) in [5.74, 6) is 0. The van der Waals surface area contributed by atoms with E-state index in [1.807, 2.05) is 61.5 Å². The molecular weight excluding hydrogens is 343 g/mol. The predicted octanol–water partition coefficient (Wildman–Crippen LogP) is 5.69. The van der Waals surface area contributed by atoms with Crippen LogP contribution in [0, 0.1) is 0 Å². The Morgan fingerprint density at radius 3 is 2.00 bits per heavy atom. The molecule has 2 rings (SSSR count). The molecular formula is C18H20Cl2N4. The number of allylic oxidation sites excluding steroid dienone is 2. The highest BCUT2D eigenvalue weighted by Gasteiger charge is 2.04. The second-order valence-corrected chi connectivity index (χ2v) is 5.86. The highest BCUT2D eigenvalue weighted by atomic mass is 35.5. The molecule has 0 aliphatic rings. The first-order valence-electron chi connectivity index (χ1n) is 7.64. The van der Waals surface area contributed by atoms with Gasteiger partial charge in [-0.2, -0.15) is 5.10 Å². The molecule has 2 aromatic carbocycles. The molecule has 0 bridgehead atoms. The molecule has 0 fully saturated rings. The van der Waals surface area contributed by atoms with Gasteiger partial charge in [-0.05, 0) is 61.9 Å². The van der Waals surface area contributed by atoms with E-state index in [2.05, 4.69) is 28.3 Å². The van der Waals surface area contributed by atoms with Crippen LogP contribution in [0.25, 0.3) is 0 Å². The Morgan fingerprint density at radius 1 is 0.958 bits per heavy atom. The SMILES string of the molecule is C/C=C(NNc1ccc(Cl)cc1)/C(CC)=N/Nc1ccc(Cl)cc1. The highest BCUT2D eigenvalue weighted by Crippen LogP contribution is 2.15. The average Bonchev–Trinajstić information content (AvgIpc) is 2.60. The lowest BCUT2D eigenvalue weighted by Crippen LogP contribution is -2.26. The number of benzene rings is 2. The van der Waals surface area contributed by atoms with Gasteiger partial charge >= 0.3 is 0 Å². The van der Waals surface area contributed by atoms with Crippen molar-refractivity contribution in [2.45, 2.75) is 20.3 Å². The van der Waals surface area contributed by atoms with Crippen molar-refractivity contribution >= 4 is 40.3 Å². The van der Waals surface area contributed by atoms with Crippen molar-refractivity contribution in [2.24, 2.45) is 5.10 Å². The number of nitrogens with zero attached hydrogens (tertiary/aromatic N) is 1. The van der Waals surface area contributed by atoms with Crippen LogP contribution in [0.3, 0.4) is 0 Å². The van der Waals surface area contributed by atoms with Gasteiger partial charge in [-0.1, -0.05) is 36.2 Å². The first-order chi connectivity index (χ1) is 11.6. The van der Waals surface area contributed by atoms with Gasteiger partial charge < -0.3 is 5.43 Å². The smallest absolute Gasteiger partial charge is 0.0849 e. The van der Waals surface area contributed by atoms with Gasteiger partial charge in [0.1, 0.15) is 0 Å². The molecule has 0 spiro atoms. The Kier molecular flexibility index (Phi) is 6.97. The minimum atomic E-state index is 0.697. The molecule has 0 saturated heterocycles. The number of hydrogen-bond donors (Lipinski definition) is 3. The number of anilines is 2. The summed E-state index contributed by atoms with van der Waals surface area (Å²) in [5.41, 5.74) is 13.0. The van der Waals surface area contributed by atoms with E-state index in [9.17, 15) is 0 Å². The molecule has 0 unspecified atom stereocenters. The minimum Gasteiger partial charge on any atom is -0.301 e. The maximum absolute atomic E-state index is 5.89. The monoisotopic (exact) mass is 362 g/mol. The summed E-state index contributed by atoms with van der Waals surface area (Å²) >= 11 is 11.8. The van der Waals surface area contributed by atoms with Gasteiger partial charge in [-0.3, -0.25) is 10.9 Å². The van der Waals surface area contributed by atoms with Gasteiger partial charge in [-0.15, -0.1) is 0 Å². The summed E-state index contributed by atoms with van der Waals surface area (Å²) in [6.45, 7) is 4.01. The number of hydrazine groups is 1. The van der Waals surface area contributed by atoms with Gasteiger partial charge in [0, 0.05) is 10.0 Å². The Bertz CT molecular complexity index is 707. The third-order valence-corrected chi connectivity index (χ3v) is 3.79. The van der Waals surface area contributed by atoms with E-state index < -0.39 is 0 Å². The van der Waals surface area contributed by atoms with Crippen LogP contribution >= 0.6 is 23.2 Å². The van der Waals surface area contributed by atoms with E-state index in [1.54, 1.807) is 0 Å². The van der Waals surface area contributed by atoms with E-state index in [4.69, 9.17) is 23.2 Å². The molecule has 126 valence electrons. The molecule has 6 heteroatoms. The topological polar surface area (TPSA) is 48.5 Å². The summed E-state index contributed by atoms with van der Waals surface area (Å²) in [5, 5.41) is 5.87. The first kappa shape index (κ1) is 18.2. The molecule has 0 aliphatic carbocycles. The van der Waals surface area contributed by atoms with Crippen molar-refractivity contribution in [3.05, 3.63) is 70.3 Å². The zero-order chi connectivity index (χ0) is 17.4. The molecule has 0 aliphatic heterocycles. The van der Waals surface area contributed by atoms with Gasteiger partial charge in [0.2, 0.25) is 0 Å². The lowest BCUT2D eigenvalue weighted by molar-refractivity contribution is 0.992. The predicted molar refractivity (Wildman–Crippen MR) is 105 cm³/mol. The van der Waals surface area contributed by atoms with Crippen LogP contribution in [0.2, 0.25) is 10.0 Å². The Morgan fingerprint density at radius 2 is 1.50 bits per heavy atom. The molecule has 2 aromatic rings. The zero-order valence-electron chi connectivity index (χ0n) is 13.6. The second-order valence-electron chi connectivity index (χ2n) is 4.99. The van der Waals surface area contributed by atoms with E-state index >= 15 is 0 Å². The largest absolute Gasteiger partial charge is 0.301 e. The Hall–Kier alpha value is -2.17. The summed E-state index contributed by atoms with van der Waals surface area (Å²) in [6, 6.07) is 14.9. The number of nitrogens with one attached hydrogen (secondary N) is 3. The van der Waals surface area contributed by atoms with E-state index in [-0.39, 0.29) is 0 Å². The normalized spacial score (nSPS) is 12.0. The molecule has 0 atom stereocenters. The van der Waals surface area contributed by atoms with Crippen LogP contribution in [0.5, 0.6) is 0 Å². The van der Waals surface area contributed by atoms with Crippen molar-refractivity contribution < 1.29 is 0 Å². The molecule has 0 heterocycles.